The van der Waals surface area contributed by atoms with Crippen molar-refractivity contribution in [3.8, 4) is 0 Å². The monoisotopic (exact) mass is 1420 g/mol. The fourth-order valence-corrected chi connectivity index (χ4v) is 14.2. The van der Waals surface area contributed by atoms with Crippen LogP contribution in [-0.4, -0.2) is 147 Å². The number of aryl methyl sites for hydroxylation is 2. The lowest BCUT2D eigenvalue weighted by Gasteiger charge is -2.23. The fourth-order valence-electron chi connectivity index (χ4n) is 12.4. The minimum Gasteiger partial charge on any atom is -0.618 e. The number of methoxy groups -OCH3 is 3. The number of benzene rings is 3. The van der Waals surface area contributed by atoms with Crippen LogP contribution in [0.25, 0.3) is 18.2 Å². The molecule has 3 aliphatic carbocycles. The van der Waals surface area contributed by atoms with E-state index in [1.807, 2.05) is 105 Å². The largest absolute Gasteiger partial charge is 0.618 e. The summed E-state index contributed by atoms with van der Waals surface area (Å²) in [4.78, 5) is 44.5. The zero-order valence-electron chi connectivity index (χ0n) is 61.5. The second-order valence-electron chi connectivity index (χ2n) is 23.4. The molecule has 3 aromatic carbocycles. The highest BCUT2D eigenvalue weighted by molar-refractivity contribution is 6.34. The third kappa shape index (κ3) is 24.4. The van der Waals surface area contributed by atoms with E-state index in [4.69, 9.17) is 37.1 Å². The maximum absolute atomic E-state index is 13.2. The first-order chi connectivity index (χ1) is 47.7. The number of fused-ring (bicyclic) bond motifs is 6. The number of hydrogen-bond donors (Lipinski definition) is 2. The molecule has 9 rings (SSSR count). The van der Waals surface area contributed by atoms with Crippen LogP contribution in [0.4, 0.5) is 0 Å². The van der Waals surface area contributed by atoms with E-state index in [0.717, 1.165) is 87.4 Å². The molecule has 0 saturated heterocycles. The molecule has 16 nitrogen and oxygen atoms in total. The number of ether oxygens (including phenoxy) is 3. The topological polar surface area (TPSA) is 209 Å². The van der Waals surface area contributed by atoms with Gasteiger partial charge in [-0.1, -0.05) is 145 Å². The van der Waals surface area contributed by atoms with Crippen LogP contribution in [0.2, 0.25) is 13.1 Å². The predicted molar refractivity (Wildman–Crippen MR) is 404 cm³/mol. The molecule has 0 amide bonds. The highest BCUT2D eigenvalue weighted by Gasteiger charge is 2.29. The molecule has 20 heteroatoms. The molecule has 0 saturated carbocycles. The molecule has 3 aliphatic rings. The average molecular weight is 1420 g/mol. The van der Waals surface area contributed by atoms with Crippen LogP contribution in [0.3, 0.4) is 0 Å². The fraction of sp³-hybridized carbons (Fsp3) is 0.443. The van der Waals surface area contributed by atoms with E-state index in [2.05, 4.69) is 112 Å². The van der Waals surface area contributed by atoms with Gasteiger partial charge in [-0.25, -0.2) is 0 Å². The van der Waals surface area contributed by atoms with Gasteiger partial charge in [0.1, 0.15) is 12.2 Å². The second-order valence-corrected chi connectivity index (χ2v) is 25.7. The molecule has 6 aromatic rings. The van der Waals surface area contributed by atoms with Crippen molar-refractivity contribution in [1.29, 1.82) is 0 Å². The summed E-state index contributed by atoms with van der Waals surface area (Å²) in [6.45, 7) is 28.1. The third-order valence-corrected chi connectivity index (χ3v) is 19.4. The lowest BCUT2D eigenvalue weighted by Crippen LogP contribution is -2.40. The highest BCUT2D eigenvalue weighted by atomic mass is 28.2. The first kappa shape index (κ1) is 84.0. The number of aliphatic hydroxyl groups is 2. The van der Waals surface area contributed by atoms with Gasteiger partial charge in [0.05, 0.1) is 71.4 Å². The standard InChI is InChI=1S/C25H30NO5Si2.C25H30NO4Si2.C23H27NO4.3C2H6/c1-16-22(11-10-20(30-32-4)14-21(31-33-5)15-25(27)29-3)17(2)26(28)24-13-19-9-7-6-8-18(19)12-23(16)24;1-16-22(11-10-20(29-31-4)14-21(30-32-5)15-25(27)28-3)17(2)26-24-13-19-9-7-6-8-18(19)12-23(16)24;1-14-20(9-8-18(25)12-19(26)13-23(27)28-3)15(2)24-22-11-17-7-5-4-6-16(17)10-21(14)22;3*1-2/h6-11,20-21H,4,12-15H2,1-3,5H3;6-11,20-21H,4,12-15H2,1-3,5H3;4-9,18-19,25-26H,10-13H2,1-3H3;3*1-2H3/b2*11-10+;9-8+;;;. The minimum atomic E-state index is -0.938. The first-order valence-electron chi connectivity index (χ1n) is 34.3. The lowest BCUT2D eigenvalue weighted by molar-refractivity contribution is -0.621. The van der Waals surface area contributed by atoms with Gasteiger partial charge < -0.3 is 47.3 Å². The number of nitrogens with zero attached hydrogens (tertiary/aromatic N) is 3. The van der Waals surface area contributed by atoms with Crippen LogP contribution in [0.15, 0.2) is 91.0 Å². The summed E-state index contributed by atoms with van der Waals surface area (Å²) >= 11 is 0. The van der Waals surface area contributed by atoms with Crippen LogP contribution in [0, 0.1) is 46.7 Å². The summed E-state index contributed by atoms with van der Waals surface area (Å²) in [6, 6.07) is 25.4. The van der Waals surface area contributed by atoms with Crippen molar-refractivity contribution in [2.45, 2.75) is 210 Å². The predicted octanol–water partition coefficient (Wildman–Crippen LogP) is 12.5. The van der Waals surface area contributed by atoms with Gasteiger partial charge in [0, 0.05) is 79.4 Å². The molecule has 0 bridgehead atoms. The summed E-state index contributed by atoms with van der Waals surface area (Å²) in [7, 11) is 4.72. The summed E-state index contributed by atoms with van der Waals surface area (Å²) in [6.07, 6.45) is 22.8. The quantitative estimate of drug-likeness (QED) is 0.0170. The van der Waals surface area contributed by atoms with Gasteiger partial charge >= 0.3 is 17.9 Å². The maximum atomic E-state index is 13.2. The van der Waals surface area contributed by atoms with Gasteiger partial charge in [-0.05, 0) is 151 Å². The summed E-state index contributed by atoms with van der Waals surface area (Å²) in [5.74, 6) is -1.08. The van der Waals surface area contributed by atoms with Gasteiger partial charge in [0.25, 0.3) is 18.8 Å². The molecule has 6 radical (unpaired) electrons. The Bertz CT molecular complexity index is 3720. The number of carbonyl (C=O) groups is 3. The number of hydrogen-bond acceptors (Lipinski definition) is 15. The number of rotatable bonds is 26. The molecule has 3 aromatic heterocycles. The van der Waals surface area contributed by atoms with Crippen molar-refractivity contribution >= 4 is 86.8 Å². The van der Waals surface area contributed by atoms with Crippen molar-refractivity contribution in [3.63, 3.8) is 0 Å². The van der Waals surface area contributed by atoms with E-state index < -0.39 is 18.2 Å². The Balaban J connectivity index is 0.000000304. The second kappa shape index (κ2) is 44.0. The Labute approximate surface area is 599 Å². The summed E-state index contributed by atoms with van der Waals surface area (Å²) < 4.78 is 38.5. The minimum absolute atomic E-state index is 0.0425. The molecule has 0 fully saturated rings. The molecule has 0 spiro atoms. The zero-order chi connectivity index (χ0) is 73.3. The summed E-state index contributed by atoms with van der Waals surface area (Å²) in [5, 5.41) is 33.2. The third-order valence-electron chi connectivity index (χ3n) is 17.3. The number of esters is 3. The molecular formula is C79H105N3O13Si4. The van der Waals surface area contributed by atoms with E-state index in [0.29, 0.717) is 25.0 Å². The Morgan fingerprint density at radius 3 is 1.23 bits per heavy atom. The van der Waals surface area contributed by atoms with Crippen molar-refractivity contribution in [2.24, 2.45) is 0 Å². The Morgan fingerprint density at radius 1 is 0.505 bits per heavy atom. The van der Waals surface area contributed by atoms with Crippen molar-refractivity contribution in [1.82, 2.24) is 9.97 Å². The Morgan fingerprint density at radius 2 is 0.848 bits per heavy atom. The number of carbonyl (C=O) groups excluding carboxylic acids is 3. The van der Waals surface area contributed by atoms with Crippen LogP contribution in [0.5, 0.6) is 0 Å². The molecule has 3 heterocycles. The normalized spacial score (nSPS) is 13.8. The van der Waals surface area contributed by atoms with E-state index in [9.17, 15) is 29.8 Å². The zero-order valence-corrected chi connectivity index (χ0v) is 65.5. The molecular weight excluding hydrogens is 1310 g/mol. The van der Waals surface area contributed by atoms with Gasteiger partial charge in [-0.15, -0.1) is 0 Å². The first-order valence-corrected chi connectivity index (χ1v) is 39.3. The highest BCUT2D eigenvalue weighted by Crippen LogP contribution is 2.35. The molecule has 530 valence electrons. The van der Waals surface area contributed by atoms with Gasteiger partial charge in [0.2, 0.25) is 25.2 Å². The van der Waals surface area contributed by atoms with E-state index >= 15 is 0 Å². The molecule has 0 aliphatic heterocycles. The molecule has 99 heavy (non-hydrogen) atoms. The molecule has 2 N–H and O–H groups in total. The smallest absolute Gasteiger partial charge is 0.308 e. The Hall–Kier alpha value is -7.41. The lowest BCUT2D eigenvalue weighted by atomic mass is 9.85. The van der Waals surface area contributed by atoms with Crippen LogP contribution < -0.4 is 4.73 Å². The number of pyridine rings is 3. The van der Waals surface area contributed by atoms with Gasteiger partial charge in [-0.2, -0.15) is 4.73 Å². The maximum Gasteiger partial charge on any atom is 0.308 e. The van der Waals surface area contributed by atoms with E-state index in [-0.39, 0.29) is 100 Å². The van der Waals surface area contributed by atoms with Crippen molar-refractivity contribution in [2.75, 3.05) is 21.3 Å². The average Bonchev–Trinajstić information content (AvgIpc) is 0.778. The number of aliphatic hydroxyl groups excluding tert-OH is 2. The molecule has 6 unspecified atom stereocenters. The van der Waals surface area contributed by atoms with Gasteiger partial charge in [0.15, 0.2) is 5.69 Å². The van der Waals surface area contributed by atoms with E-state index in [1.165, 1.54) is 82.7 Å². The van der Waals surface area contributed by atoms with E-state index in [1.54, 1.807) is 6.08 Å². The number of aromatic nitrogens is 3. The van der Waals surface area contributed by atoms with Crippen LogP contribution >= 0.6 is 0 Å². The van der Waals surface area contributed by atoms with Crippen LogP contribution in [0.1, 0.15) is 198 Å². The van der Waals surface area contributed by atoms with Crippen molar-refractivity contribution in [3.05, 3.63) is 214 Å². The van der Waals surface area contributed by atoms with Gasteiger partial charge in [-0.3, -0.25) is 24.4 Å². The van der Waals surface area contributed by atoms with Crippen molar-refractivity contribution < 1.29 is 61.2 Å². The summed E-state index contributed by atoms with van der Waals surface area (Å²) in [5.41, 5.74) is 24.0. The molecule has 6 atom stereocenters. The SMILES string of the molecule is C=[Si]OC(/C=C/c1c(C)c2c([n+]([O-])c1C)Cc1ccccc1C2)CC(CC(=O)OC)O[Si]C.C=[Si]OC(/C=C/c1c(C)nc2c(c1C)Cc1ccccc1C2)CC(CC(=O)OC)O[Si]C.CC.CC.CC.COC(=O)CC(O)CC(O)/C=C/c1c(C)nc2c(c1C)Cc1ccccc1C2. The van der Waals surface area contributed by atoms with Crippen LogP contribution in [-0.2, 0) is 84.8 Å². The Kier molecular flexibility index (Phi) is 37.3.